The maximum atomic E-state index is 5.21. The first-order valence-electron chi connectivity index (χ1n) is 6.40. The summed E-state index contributed by atoms with van der Waals surface area (Å²) in [7, 11) is 1.70. The molecule has 100 valence electrons. The number of methoxy groups -OCH3 is 1. The second-order valence-corrected chi connectivity index (χ2v) is 5.71. The van der Waals surface area contributed by atoms with Crippen molar-refractivity contribution in [1.29, 1.82) is 0 Å². The first-order valence-corrected chi connectivity index (χ1v) is 7.45. The molecule has 1 saturated heterocycles. The quantitative estimate of drug-likeness (QED) is 0.822. The Kier molecular flexibility index (Phi) is 5.35. The zero-order chi connectivity index (χ0) is 12.8. The fourth-order valence-electron chi connectivity index (χ4n) is 1.90. The van der Waals surface area contributed by atoms with Crippen LogP contribution in [0.2, 0.25) is 0 Å². The Morgan fingerprint density at radius 2 is 2.11 bits per heavy atom. The standard InChI is InChI=1S/C14H21NO2S/c1-3-15-14(10-18-13-8-17-9-13)11-4-6-12(16-2)7-5-11/h4-7,13-15H,3,8-10H2,1-2H3. The Hall–Kier alpha value is -0.710. The summed E-state index contributed by atoms with van der Waals surface area (Å²) in [6.07, 6.45) is 0. The molecule has 0 aromatic heterocycles. The van der Waals surface area contributed by atoms with Gasteiger partial charge in [-0.3, -0.25) is 0 Å². The fraction of sp³-hybridized carbons (Fsp3) is 0.571. The van der Waals surface area contributed by atoms with E-state index in [9.17, 15) is 0 Å². The third-order valence-electron chi connectivity index (χ3n) is 3.07. The van der Waals surface area contributed by atoms with E-state index in [4.69, 9.17) is 9.47 Å². The summed E-state index contributed by atoms with van der Waals surface area (Å²) in [5.74, 6) is 2.00. The predicted octanol–water partition coefficient (Wildman–Crippen LogP) is 2.48. The SMILES string of the molecule is CCNC(CSC1COC1)c1ccc(OC)cc1. The van der Waals surface area contributed by atoms with Gasteiger partial charge in [-0.15, -0.1) is 0 Å². The highest BCUT2D eigenvalue weighted by atomic mass is 32.2. The minimum absolute atomic E-state index is 0.409. The second-order valence-electron chi connectivity index (χ2n) is 4.38. The van der Waals surface area contributed by atoms with Crippen LogP contribution >= 0.6 is 11.8 Å². The molecule has 4 heteroatoms. The van der Waals surface area contributed by atoms with Gasteiger partial charge in [0.25, 0.3) is 0 Å². The zero-order valence-corrected chi connectivity index (χ0v) is 11.8. The van der Waals surface area contributed by atoms with Gasteiger partial charge in [-0.1, -0.05) is 19.1 Å². The van der Waals surface area contributed by atoms with E-state index in [1.807, 2.05) is 23.9 Å². The van der Waals surface area contributed by atoms with Crippen molar-refractivity contribution >= 4 is 11.8 Å². The average Bonchev–Trinajstić information content (AvgIpc) is 2.36. The molecule has 0 saturated carbocycles. The Bertz CT molecular complexity index is 351. The van der Waals surface area contributed by atoms with Crippen molar-refractivity contribution in [2.24, 2.45) is 0 Å². The third-order valence-corrected chi connectivity index (χ3v) is 4.34. The average molecular weight is 267 g/mol. The molecule has 1 aromatic rings. The molecule has 2 rings (SSSR count). The van der Waals surface area contributed by atoms with Crippen molar-refractivity contribution in [3.8, 4) is 5.75 Å². The first kappa shape index (κ1) is 13.7. The van der Waals surface area contributed by atoms with Crippen LogP contribution in [0.4, 0.5) is 0 Å². The molecule has 18 heavy (non-hydrogen) atoms. The van der Waals surface area contributed by atoms with Crippen molar-refractivity contribution in [3.05, 3.63) is 29.8 Å². The molecular formula is C14H21NO2S. The summed E-state index contributed by atoms with van der Waals surface area (Å²) >= 11 is 2.00. The normalized spacial score (nSPS) is 17.2. The highest BCUT2D eigenvalue weighted by Crippen LogP contribution is 2.26. The third kappa shape index (κ3) is 3.64. The predicted molar refractivity (Wildman–Crippen MR) is 76.5 cm³/mol. The van der Waals surface area contributed by atoms with Gasteiger partial charge < -0.3 is 14.8 Å². The van der Waals surface area contributed by atoms with Gasteiger partial charge >= 0.3 is 0 Å². The van der Waals surface area contributed by atoms with Gasteiger partial charge in [-0.2, -0.15) is 11.8 Å². The van der Waals surface area contributed by atoms with Crippen LogP contribution in [-0.2, 0) is 4.74 Å². The van der Waals surface area contributed by atoms with Crippen molar-refractivity contribution in [2.75, 3.05) is 32.6 Å². The second kappa shape index (κ2) is 7.02. The molecule has 1 N–H and O–H groups in total. The number of thioether (sulfide) groups is 1. The number of hydrogen-bond donors (Lipinski definition) is 1. The van der Waals surface area contributed by atoms with Gasteiger partial charge in [0.2, 0.25) is 0 Å². The molecule has 0 aliphatic carbocycles. The number of hydrogen-bond acceptors (Lipinski definition) is 4. The molecular weight excluding hydrogens is 246 g/mol. The van der Waals surface area contributed by atoms with Crippen LogP contribution in [0.3, 0.4) is 0 Å². The smallest absolute Gasteiger partial charge is 0.118 e. The molecule has 1 aliphatic heterocycles. The van der Waals surface area contributed by atoms with Crippen LogP contribution in [0, 0.1) is 0 Å². The number of ether oxygens (including phenoxy) is 2. The lowest BCUT2D eigenvalue weighted by Crippen LogP contribution is -2.32. The van der Waals surface area contributed by atoms with E-state index < -0.39 is 0 Å². The summed E-state index contributed by atoms with van der Waals surface area (Å²) in [5, 5.41) is 4.22. The fourth-order valence-corrected chi connectivity index (χ4v) is 3.06. The van der Waals surface area contributed by atoms with Crippen molar-refractivity contribution in [2.45, 2.75) is 18.2 Å². The van der Waals surface area contributed by atoms with Crippen LogP contribution in [0.5, 0.6) is 5.75 Å². The van der Waals surface area contributed by atoms with Crippen LogP contribution in [0.25, 0.3) is 0 Å². The molecule has 1 aromatic carbocycles. The Morgan fingerprint density at radius 1 is 1.39 bits per heavy atom. The van der Waals surface area contributed by atoms with Gasteiger partial charge in [0.15, 0.2) is 0 Å². The van der Waals surface area contributed by atoms with Crippen LogP contribution in [-0.4, -0.2) is 37.9 Å². The van der Waals surface area contributed by atoms with E-state index in [0.29, 0.717) is 11.3 Å². The summed E-state index contributed by atoms with van der Waals surface area (Å²) < 4.78 is 10.4. The molecule has 0 amide bonds. The number of rotatable bonds is 7. The monoisotopic (exact) mass is 267 g/mol. The van der Waals surface area contributed by atoms with Gasteiger partial charge in [0, 0.05) is 11.8 Å². The molecule has 3 nitrogen and oxygen atoms in total. The van der Waals surface area contributed by atoms with E-state index in [0.717, 1.165) is 31.3 Å². The van der Waals surface area contributed by atoms with Crippen LogP contribution in [0.1, 0.15) is 18.5 Å². The highest BCUT2D eigenvalue weighted by molar-refractivity contribution is 8.00. The molecule has 0 bridgehead atoms. The van der Waals surface area contributed by atoms with Gasteiger partial charge in [-0.05, 0) is 24.2 Å². The Balaban J connectivity index is 1.93. The summed E-state index contributed by atoms with van der Waals surface area (Å²) in [6.45, 7) is 4.95. The van der Waals surface area contributed by atoms with Crippen LogP contribution < -0.4 is 10.1 Å². The Labute approximate surface area is 113 Å². The summed E-state index contributed by atoms with van der Waals surface area (Å²) in [6, 6.07) is 8.74. The van der Waals surface area contributed by atoms with Crippen LogP contribution in [0.15, 0.2) is 24.3 Å². The van der Waals surface area contributed by atoms with E-state index in [1.165, 1.54) is 5.56 Å². The molecule has 0 radical (unpaired) electrons. The van der Waals surface area contributed by atoms with E-state index in [2.05, 4.69) is 24.4 Å². The van der Waals surface area contributed by atoms with Crippen molar-refractivity contribution < 1.29 is 9.47 Å². The molecule has 1 aliphatic rings. The van der Waals surface area contributed by atoms with Crippen molar-refractivity contribution in [3.63, 3.8) is 0 Å². The lowest BCUT2D eigenvalue weighted by Gasteiger charge is -2.27. The molecule has 1 atom stereocenters. The minimum Gasteiger partial charge on any atom is -0.497 e. The van der Waals surface area contributed by atoms with E-state index >= 15 is 0 Å². The van der Waals surface area contributed by atoms with E-state index in [-0.39, 0.29) is 0 Å². The number of benzene rings is 1. The van der Waals surface area contributed by atoms with Gasteiger partial charge in [0.05, 0.1) is 25.6 Å². The topological polar surface area (TPSA) is 30.5 Å². The molecule has 1 fully saturated rings. The van der Waals surface area contributed by atoms with Crippen molar-refractivity contribution in [1.82, 2.24) is 5.32 Å². The zero-order valence-electron chi connectivity index (χ0n) is 11.0. The lowest BCUT2D eigenvalue weighted by molar-refractivity contribution is 0.0455. The maximum Gasteiger partial charge on any atom is 0.118 e. The minimum atomic E-state index is 0.409. The van der Waals surface area contributed by atoms with Gasteiger partial charge in [0.1, 0.15) is 5.75 Å². The molecule has 1 heterocycles. The summed E-state index contributed by atoms with van der Waals surface area (Å²) in [4.78, 5) is 0. The molecule has 0 spiro atoms. The highest BCUT2D eigenvalue weighted by Gasteiger charge is 2.21. The molecule has 1 unspecified atom stereocenters. The number of nitrogens with one attached hydrogen (secondary N) is 1. The lowest BCUT2D eigenvalue weighted by atomic mass is 10.1. The summed E-state index contributed by atoms with van der Waals surface area (Å²) in [5.41, 5.74) is 1.32. The van der Waals surface area contributed by atoms with Gasteiger partial charge in [-0.25, -0.2) is 0 Å². The largest absolute Gasteiger partial charge is 0.497 e. The Morgan fingerprint density at radius 3 is 2.61 bits per heavy atom. The first-order chi connectivity index (χ1) is 8.83. The van der Waals surface area contributed by atoms with E-state index in [1.54, 1.807) is 7.11 Å². The maximum absolute atomic E-state index is 5.21.